The van der Waals surface area contributed by atoms with E-state index in [1.807, 2.05) is 30.3 Å². The number of halogens is 1. The third kappa shape index (κ3) is 2.38. The summed E-state index contributed by atoms with van der Waals surface area (Å²) >= 11 is 0. The van der Waals surface area contributed by atoms with Crippen LogP contribution in [0.5, 0.6) is 0 Å². The third-order valence-electron chi connectivity index (χ3n) is 4.24. The van der Waals surface area contributed by atoms with Gasteiger partial charge in [-0.1, -0.05) is 29.4 Å². The van der Waals surface area contributed by atoms with Crippen LogP contribution >= 0.6 is 0 Å². The molecule has 0 N–H and O–H groups in total. The van der Waals surface area contributed by atoms with Gasteiger partial charge in [0.25, 0.3) is 0 Å². The number of aryl methyl sites for hydroxylation is 1. The summed E-state index contributed by atoms with van der Waals surface area (Å²) in [5.41, 5.74) is 2.54. The number of hydrogen-bond donors (Lipinski definition) is 0. The van der Waals surface area contributed by atoms with Crippen molar-refractivity contribution in [1.29, 1.82) is 0 Å². The van der Waals surface area contributed by atoms with Crippen molar-refractivity contribution in [2.24, 2.45) is 0 Å². The first-order chi connectivity index (χ1) is 11.2. The number of carbonyl (C=O) groups is 1. The lowest BCUT2D eigenvalue weighted by Gasteiger charge is -2.29. The second kappa shape index (κ2) is 5.50. The molecular formula is C18H15FN2O2. The molecular weight excluding hydrogens is 295 g/mol. The van der Waals surface area contributed by atoms with E-state index < -0.39 is 0 Å². The molecule has 0 aliphatic carbocycles. The first-order valence-corrected chi connectivity index (χ1v) is 7.65. The molecule has 1 aliphatic rings. The number of fused-ring (bicyclic) bond motifs is 2. The quantitative estimate of drug-likeness (QED) is 0.728. The number of para-hydroxylation sites is 2. The first kappa shape index (κ1) is 13.9. The normalized spacial score (nSPS) is 14.0. The summed E-state index contributed by atoms with van der Waals surface area (Å²) in [5.74, 6) is -0.504. The summed E-state index contributed by atoms with van der Waals surface area (Å²) in [7, 11) is 0. The maximum Gasteiger partial charge on any atom is 0.233 e. The van der Waals surface area contributed by atoms with Crippen molar-refractivity contribution in [3.63, 3.8) is 0 Å². The highest BCUT2D eigenvalue weighted by molar-refractivity contribution is 5.97. The number of carbonyl (C=O) groups excluding carboxylic acids is 1. The highest BCUT2D eigenvalue weighted by atomic mass is 19.1. The summed E-state index contributed by atoms with van der Waals surface area (Å²) in [5, 5.41) is 4.82. The van der Waals surface area contributed by atoms with Gasteiger partial charge in [0.15, 0.2) is 5.58 Å². The fourth-order valence-electron chi connectivity index (χ4n) is 3.16. The molecule has 0 unspecified atom stereocenters. The summed E-state index contributed by atoms with van der Waals surface area (Å²) in [6.07, 6.45) is 1.73. The molecule has 0 fully saturated rings. The zero-order valence-corrected chi connectivity index (χ0v) is 12.5. The maximum atomic E-state index is 14.2. The number of rotatable bonds is 2. The first-order valence-electron chi connectivity index (χ1n) is 7.65. The minimum Gasteiger partial charge on any atom is -0.356 e. The fraction of sp³-hybridized carbons (Fsp3) is 0.222. The van der Waals surface area contributed by atoms with Crippen LogP contribution < -0.4 is 4.90 Å². The van der Waals surface area contributed by atoms with E-state index in [9.17, 15) is 9.18 Å². The smallest absolute Gasteiger partial charge is 0.233 e. The predicted molar refractivity (Wildman–Crippen MR) is 84.8 cm³/mol. The Balaban J connectivity index is 1.66. The van der Waals surface area contributed by atoms with E-state index in [0.717, 1.165) is 23.8 Å². The Morgan fingerprint density at radius 2 is 2.09 bits per heavy atom. The SMILES string of the molecule is O=C(Cc1noc2ccccc12)N1CCCc2cccc(F)c21. The Morgan fingerprint density at radius 3 is 3.00 bits per heavy atom. The molecule has 1 amide bonds. The van der Waals surface area contributed by atoms with Gasteiger partial charge in [-0.15, -0.1) is 0 Å². The van der Waals surface area contributed by atoms with Gasteiger partial charge in [0.2, 0.25) is 5.91 Å². The molecule has 1 aromatic heterocycles. The molecule has 0 bridgehead atoms. The average molecular weight is 310 g/mol. The Labute approximate surface area is 132 Å². The minimum atomic E-state index is -0.347. The van der Waals surface area contributed by atoms with Gasteiger partial charge in [-0.25, -0.2) is 4.39 Å². The van der Waals surface area contributed by atoms with Gasteiger partial charge in [0.05, 0.1) is 12.1 Å². The van der Waals surface area contributed by atoms with E-state index in [-0.39, 0.29) is 18.1 Å². The Morgan fingerprint density at radius 1 is 1.22 bits per heavy atom. The molecule has 0 saturated heterocycles. The molecule has 23 heavy (non-hydrogen) atoms. The van der Waals surface area contributed by atoms with E-state index in [1.54, 1.807) is 6.07 Å². The molecule has 1 aliphatic heterocycles. The van der Waals surface area contributed by atoms with Crippen molar-refractivity contribution in [3.05, 3.63) is 59.5 Å². The van der Waals surface area contributed by atoms with Crippen LogP contribution in [0.25, 0.3) is 11.0 Å². The summed E-state index contributed by atoms with van der Waals surface area (Å²) in [4.78, 5) is 14.2. The molecule has 0 atom stereocenters. The zero-order valence-electron chi connectivity index (χ0n) is 12.5. The Kier molecular flexibility index (Phi) is 3.33. The van der Waals surface area contributed by atoms with Crippen molar-refractivity contribution in [2.75, 3.05) is 11.4 Å². The lowest BCUT2D eigenvalue weighted by molar-refractivity contribution is -0.118. The van der Waals surface area contributed by atoms with Gasteiger partial charge in [-0.3, -0.25) is 4.79 Å². The van der Waals surface area contributed by atoms with Crippen LogP contribution in [-0.2, 0) is 17.6 Å². The van der Waals surface area contributed by atoms with Crippen LogP contribution in [0.4, 0.5) is 10.1 Å². The highest BCUT2D eigenvalue weighted by Crippen LogP contribution is 2.30. The van der Waals surface area contributed by atoms with Gasteiger partial charge >= 0.3 is 0 Å². The monoisotopic (exact) mass is 310 g/mol. The Bertz CT molecular complexity index is 888. The second-order valence-electron chi connectivity index (χ2n) is 5.70. The van der Waals surface area contributed by atoms with Gasteiger partial charge in [-0.2, -0.15) is 0 Å². The van der Waals surface area contributed by atoms with Crippen LogP contribution in [-0.4, -0.2) is 17.6 Å². The van der Waals surface area contributed by atoms with Crippen LogP contribution in [0, 0.1) is 5.82 Å². The molecule has 0 spiro atoms. The summed E-state index contributed by atoms with van der Waals surface area (Å²) < 4.78 is 19.4. The molecule has 2 heterocycles. The number of amides is 1. The number of anilines is 1. The fourth-order valence-corrected chi connectivity index (χ4v) is 3.16. The van der Waals surface area contributed by atoms with Crippen molar-refractivity contribution in [3.8, 4) is 0 Å². The van der Waals surface area contributed by atoms with Crippen molar-refractivity contribution in [2.45, 2.75) is 19.3 Å². The molecule has 0 saturated carbocycles. The lowest BCUT2D eigenvalue weighted by Crippen LogP contribution is -2.37. The van der Waals surface area contributed by atoms with E-state index in [1.165, 1.54) is 11.0 Å². The summed E-state index contributed by atoms with van der Waals surface area (Å²) in [6, 6.07) is 12.4. The molecule has 4 rings (SSSR count). The van der Waals surface area contributed by atoms with E-state index >= 15 is 0 Å². The van der Waals surface area contributed by atoms with Gasteiger partial charge in [-0.05, 0) is 36.6 Å². The topological polar surface area (TPSA) is 46.3 Å². The van der Waals surface area contributed by atoms with Crippen molar-refractivity contribution in [1.82, 2.24) is 5.16 Å². The van der Waals surface area contributed by atoms with Gasteiger partial charge in [0.1, 0.15) is 11.5 Å². The predicted octanol–water partition coefficient (Wildman–Crippen LogP) is 3.49. The van der Waals surface area contributed by atoms with Crippen LogP contribution in [0.2, 0.25) is 0 Å². The van der Waals surface area contributed by atoms with E-state index in [0.29, 0.717) is 23.5 Å². The van der Waals surface area contributed by atoms with Crippen LogP contribution in [0.1, 0.15) is 17.7 Å². The average Bonchev–Trinajstić information content (AvgIpc) is 2.98. The second-order valence-corrected chi connectivity index (χ2v) is 5.70. The minimum absolute atomic E-state index is 0.102. The molecule has 0 radical (unpaired) electrons. The van der Waals surface area contributed by atoms with E-state index in [4.69, 9.17) is 4.52 Å². The number of hydrogen-bond acceptors (Lipinski definition) is 3. The van der Waals surface area contributed by atoms with E-state index in [2.05, 4.69) is 5.16 Å². The van der Waals surface area contributed by atoms with Crippen LogP contribution in [0.3, 0.4) is 0 Å². The largest absolute Gasteiger partial charge is 0.356 e. The molecule has 4 nitrogen and oxygen atoms in total. The molecule has 5 heteroatoms. The lowest BCUT2D eigenvalue weighted by atomic mass is 10.0. The van der Waals surface area contributed by atoms with Crippen molar-refractivity contribution >= 4 is 22.6 Å². The zero-order chi connectivity index (χ0) is 15.8. The molecule has 2 aromatic carbocycles. The molecule has 116 valence electrons. The van der Waals surface area contributed by atoms with Gasteiger partial charge < -0.3 is 9.42 Å². The number of aromatic nitrogens is 1. The number of nitrogens with zero attached hydrogens (tertiary/aromatic N) is 2. The number of benzene rings is 2. The highest BCUT2D eigenvalue weighted by Gasteiger charge is 2.26. The standard InChI is InChI=1S/C18H15FN2O2/c19-14-8-3-5-12-6-4-10-21(18(12)14)17(22)11-15-13-7-1-2-9-16(13)23-20-15/h1-3,5,7-9H,4,6,10-11H2. The molecule has 3 aromatic rings. The van der Waals surface area contributed by atoms with Crippen molar-refractivity contribution < 1.29 is 13.7 Å². The Hall–Kier alpha value is -2.69. The summed E-state index contributed by atoms with van der Waals surface area (Å²) in [6.45, 7) is 0.530. The maximum absolute atomic E-state index is 14.2. The van der Waals surface area contributed by atoms with Gasteiger partial charge in [0, 0.05) is 11.9 Å². The van der Waals surface area contributed by atoms with Crippen LogP contribution in [0.15, 0.2) is 47.0 Å². The third-order valence-corrected chi connectivity index (χ3v) is 4.24.